The summed E-state index contributed by atoms with van der Waals surface area (Å²) in [6.45, 7) is 0. The van der Waals surface area contributed by atoms with Gasteiger partial charge in [0.15, 0.2) is 11.6 Å². The van der Waals surface area contributed by atoms with Crippen LogP contribution in [0.5, 0.6) is 0 Å². The monoisotopic (exact) mass is 765 g/mol. The molecule has 3 heterocycles. The fourth-order valence-electron chi connectivity index (χ4n) is 8.94. The third kappa shape index (κ3) is 5.52. The molecule has 0 aliphatic rings. The Balaban J connectivity index is 0.943. The first kappa shape index (κ1) is 33.9. The summed E-state index contributed by atoms with van der Waals surface area (Å²) in [5.74, 6) is 1.86. The lowest BCUT2D eigenvalue weighted by molar-refractivity contribution is 0.953. The highest BCUT2D eigenvalue weighted by Crippen LogP contribution is 2.39. The van der Waals surface area contributed by atoms with Crippen molar-refractivity contribution in [3.05, 3.63) is 212 Å². The van der Waals surface area contributed by atoms with E-state index in [0.717, 1.165) is 44.1 Å². The average molecular weight is 766 g/mol. The van der Waals surface area contributed by atoms with Crippen molar-refractivity contribution >= 4 is 54.4 Å². The minimum absolute atomic E-state index is 0.586. The summed E-state index contributed by atoms with van der Waals surface area (Å²) in [5.41, 5.74) is 12.2. The van der Waals surface area contributed by atoms with E-state index in [-0.39, 0.29) is 0 Å². The standard InChI is InChI=1S/C55H35N5/c1-3-15-39(16-4-1)53-56-54(40-17-5-2-6-18-40)58-55(57-53)60-50-24-12-10-22-45(50)47-35-42(31-33-52(47)60)37-28-26-36(27-29-37)41-30-32-51-46(34-41)44-21-9-11-23-49(44)59(51)48-25-13-19-38-14-7-8-20-43(38)48/h1-35H. The van der Waals surface area contributed by atoms with Gasteiger partial charge in [0.05, 0.1) is 27.8 Å². The lowest BCUT2D eigenvalue weighted by atomic mass is 9.98. The molecular weight excluding hydrogens is 731 g/mol. The molecule has 60 heavy (non-hydrogen) atoms. The van der Waals surface area contributed by atoms with Crippen molar-refractivity contribution in [2.75, 3.05) is 0 Å². The highest BCUT2D eigenvalue weighted by atomic mass is 15.2. The van der Waals surface area contributed by atoms with E-state index in [4.69, 9.17) is 15.0 Å². The summed E-state index contributed by atoms with van der Waals surface area (Å²) >= 11 is 0. The first-order valence-electron chi connectivity index (χ1n) is 20.3. The van der Waals surface area contributed by atoms with Gasteiger partial charge in [0, 0.05) is 38.1 Å². The van der Waals surface area contributed by atoms with Crippen LogP contribution in [0, 0.1) is 0 Å². The Kier molecular flexibility index (Phi) is 7.78. The lowest BCUT2D eigenvalue weighted by Crippen LogP contribution is -2.06. The number of aromatic nitrogens is 5. The zero-order chi connectivity index (χ0) is 39.6. The minimum atomic E-state index is 0.586. The Hall–Kier alpha value is -8.15. The molecule has 0 amide bonds. The molecule has 0 atom stereocenters. The molecule has 0 fully saturated rings. The molecule has 0 spiro atoms. The van der Waals surface area contributed by atoms with E-state index in [9.17, 15) is 0 Å². The van der Waals surface area contributed by atoms with Crippen LogP contribution in [0.4, 0.5) is 0 Å². The molecule has 0 aliphatic carbocycles. The van der Waals surface area contributed by atoms with E-state index in [1.807, 2.05) is 60.7 Å². The first-order chi connectivity index (χ1) is 29.7. The molecule has 0 saturated carbocycles. The predicted molar refractivity (Wildman–Crippen MR) is 248 cm³/mol. The van der Waals surface area contributed by atoms with Crippen molar-refractivity contribution in [1.82, 2.24) is 24.1 Å². The summed E-state index contributed by atoms with van der Waals surface area (Å²) in [4.78, 5) is 15.1. The van der Waals surface area contributed by atoms with E-state index in [1.54, 1.807) is 0 Å². The summed E-state index contributed by atoms with van der Waals surface area (Å²) in [5, 5.41) is 7.25. The molecule has 0 N–H and O–H groups in total. The Morgan fingerprint density at radius 3 is 1.28 bits per heavy atom. The van der Waals surface area contributed by atoms with Gasteiger partial charge < -0.3 is 4.57 Å². The maximum atomic E-state index is 5.09. The Morgan fingerprint density at radius 2 is 0.700 bits per heavy atom. The van der Waals surface area contributed by atoms with E-state index < -0.39 is 0 Å². The molecule has 5 nitrogen and oxygen atoms in total. The number of nitrogens with zero attached hydrogens (tertiary/aromatic N) is 5. The summed E-state index contributed by atoms with van der Waals surface area (Å²) in [6.07, 6.45) is 0. The van der Waals surface area contributed by atoms with Gasteiger partial charge in [0.1, 0.15) is 0 Å². The fraction of sp³-hybridized carbons (Fsp3) is 0. The number of para-hydroxylation sites is 2. The maximum Gasteiger partial charge on any atom is 0.238 e. The van der Waals surface area contributed by atoms with Crippen LogP contribution in [0.15, 0.2) is 212 Å². The molecule has 9 aromatic carbocycles. The molecule has 12 rings (SSSR count). The molecule has 3 aromatic heterocycles. The van der Waals surface area contributed by atoms with Gasteiger partial charge in [-0.25, -0.2) is 4.98 Å². The highest BCUT2D eigenvalue weighted by molar-refractivity contribution is 6.12. The number of rotatable bonds is 6. The molecule has 5 heteroatoms. The van der Waals surface area contributed by atoms with Gasteiger partial charge >= 0.3 is 0 Å². The quantitative estimate of drug-likeness (QED) is 0.169. The van der Waals surface area contributed by atoms with Crippen molar-refractivity contribution < 1.29 is 0 Å². The zero-order valence-electron chi connectivity index (χ0n) is 32.4. The molecule has 0 aliphatic heterocycles. The summed E-state index contributed by atoms with van der Waals surface area (Å²) < 4.78 is 4.59. The van der Waals surface area contributed by atoms with Crippen LogP contribution < -0.4 is 0 Å². The van der Waals surface area contributed by atoms with Crippen LogP contribution in [0.2, 0.25) is 0 Å². The van der Waals surface area contributed by atoms with Gasteiger partial charge in [-0.05, 0) is 70.1 Å². The second kappa shape index (κ2) is 13.8. The number of hydrogen-bond donors (Lipinski definition) is 0. The third-order valence-corrected chi connectivity index (χ3v) is 11.8. The van der Waals surface area contributed by atoms with Crippen LogP contribution in [0.3, 0.4) is 0 Å². The number of hydrogen-bond acceptors (Lipinski definition) is 3. The summed E-state index contributed by atoms with van der Waals surface area (Å²) in [6, 6.07) is 75.3. The Bertz CT molecular complexity index is 3520. The van der Waals surface area contributed by atoms with Crippen LogP contribution in [-0.4, -0.2) is 24.1 Å². The molecule has 0 bridgehead atoms. The second-order valence-electron chi connectivity index (χ2n) is 15.3. The summed E-state index contributed by atoms with van der Waals surface area (Å²) in [7, 11) is 0. The zero-order valence-corrected chi connectivity index (χ0v) is 32.4. The van der Waals surface area contributed by atoms with Gasteiger partial charge in [-0.3, -0.25) is 4.57 Å². The number of fused-ring (bicyclic) bond motifs is 7. The largest absolute Gasteiger partial charge is 0.309 e. The van der Waals surface area contributed by atoms with E-state index in [1.165, 1.54) is 49.4 Å². The van der Waals surface area contributed by atoms with Crippen molar-refractivity contribution in [3.8, 4) is 56.7 Å². The second-order valence-corrected chi connectivity index (χ2v) is 15.3. The van der Waals surface area contributed by atoms with Crippen LogP contribution in [-0.2, 0) is 0 Å². The van der Waals surface area contributed by atoms with Gasteiger partial charge in [0.2, 0.25) is 5.95 Å². The minimum Gasteiger partial charge on any atom is -0.309 e. The van der Waals surface area contributed by atoms with Crippen molar-refractivity contribution in [2.24, 2.45) is 0 Å². The van der Waals surface area contributed by atoms with Gasteiger partial charge in [-0.1, -0.05) is 170 Å². The third-order valence-electron chi connectivity index (χ3n) is 11.8. The fourth-order valence-corrected chi connectivity index (χ4v) is 8.94. The van der Waals surface area contributed by atoms with Crippen LogP contribution >= 0.6 is 0 Å². The smallest absolute Gasteiger partial charge is 0.238 e. The van der Waals surface area contributed by atoms with Crippen molar-refractivity contribution in [1.29, 1.82) is 0 Å². The van der Waals surface area contributed by atoms with Gasteiger partial charge in [-0.2, -0.15) is 9.97 Å². The van der Waals surface area contributed by atoms with Crippen molar-refractivity contribution in [2.45, 2.75) is 0 Å². The topological polar surface area (TPSA) is 48.5 Å². The average Bonchev–Trinajstić information content (AvgIpc) is 3.84. The molecule has 0 unspecified atom stereocenters. The first-order valence-corrected chi connectivity index (χ1v) is 20.3. The molecule has 0 saturated heterocycles. The highest BCUT2D eigenvalue weighted by Gasteiger charge is 2.19. The maximum absolute atomic E-state index is 5.09. The van der Waals surface area contributed by atoms with Gasteiger partial charge in [0.25, 0.3) is 0 Å². The van der Waals surface area contributed by atoms with E-state index >= 15 is 0 Å². The molecule has 0 radical (unpaired) electrons. The molecular formula is C55H35N5. The Labute approximate surface area is 346 Å². The van der Waals surface area contributed by atoms with Gasteiger partial charge in [-0.15, -0.1) is 0 Å². The van der Waals surface area contributed by atoms with E-state index in [0.29, 0.717) is 17.6 Å². The predicted octanol–water partition coefficient (Wildman–Crippen LogP) is 13.9. The molecule has 280 valence electrons. The van der Waals surface area contributed by atoms with Crippen LogP contribution in [0.1, 0.15) is 0 Å². The molecule has 12 aromatic rings. The normalized spacial score (nSPS) is 11.7. The SMILES string of the molecule is c1ccc(-c2nc(-c3ccccc3)nc(-n3c4ccccc4c4cc(-c5ccc(-c6ccc7c(c6)c6ccccc6n7-c6cccc7ccccc67)cc5)ccc43)n2)cc1. The van der Waals surface area contributed by atoms with Crippen LogP contribution in [0.25, 0.3) is 111 Å². The van der Waals surface area contributed by atoms with E-state index in [2.05, 4.69) is 161 Å². The Morgan fingerprint density at radius 1 is 0.267 bits per heavy atom. The van der Waals surface area contributed by atoms with Crippen molar-refractivity contribution in [3.63, 3.8) is 0 Å². The lowest BCUT2D eigenvalue weighted by Gasteiger charge is -2.12. The number of benzene rings is 9.